The Bertz CT molecular complexity index is 892. The number of nitriles is 1. The first kappa shape index (κ1) is 21.4. The zero-order valence-electron chi connectivity index (χ0n) is 17.3. The average Bonchev–Trinajstić information content (AvgIpc) is 3.43. The predicted molar refractivity (Wildman–Crippen MR) is 112 cm³/mol. The minimum Gasteiger partial charge on any atom is -0.385 e. The lowest BCUT2D eigenvalue weighted by Gasteiger charge is -2.19. The Hall–Kier alpha value is -2.31. The number of aromatic nitrogens is 4. The number of methoxy groups -OCH3 is 1. The Kier molecular flexibility index (Phi) is 7.34. The molecule has 2 aromatic rings. The summed E-state index contributed by atoms with van der Waals surface area (Å²) < 4.78 is 9.16. The van der Waals surface area contributed by atoms with E-state index < -0.39 is 0 Å². The van der Waals surface area contributed by atoms with E-state index in [1.54, 1.807) is 13.4 Å². The van der Waals surface area contributed by atoms with Crippen LogP contribution in [-0.2, 0) is 16.1 Å². The first-order valence-corrected chi connectivity index (χ1v) is 11.0. The molecule has 1 aliphatic carbocycles. The van der Waals surface area contributed by atoms with Crippen molar-refractivity contribution in [1.82, 2.24) is 19.3 Å². The van der Waals surface area contributed by atoms with Gasteiger partial charge in [-0.1, -0.05) is 24.6 Å². The highest BCUT2D eigenvalue weighted by Gasteiger charge is 2.26. The zero-order valence-corrected chi connectivity index (χ0v) is 18.1. The number of hydrogen-bond acceptors (Lipinski definition) is 6. The SMILES string of the molecule is COCCCn1cnnc1SCC(=O)Nc1c(C#N)c(C)c(C)n1C1CCCC1. The molecule has 2 heterocycles. The molecular weight excluding hydrogens is 388 g/mol. The van der Waals surface area contributed by atoms with Gasteiger partial charge in [0.05, 0.1) is 11.3 Å². The Morgan fingerprint density at radius 1 is 1.41 bits per heavy atom. The molecule has 1 aliphatic rings. The highest BCUT2D eigenvalue weighted by atomic mass is 32.2. The van der Waals surface area contributed by atoms with E-state index in [4.69, 9.17) is 4.74 Å². The summed E-state index contributed by atoms with van der Waals surface area (Å²) in [5, 5.41) is 21.4. The van der Waals surface area contributed by atoms with Crippen LogP contribution in [0, 0.1) is 25.2 Å². The molecule has 0 unspecified atom stereocenters. The van der Waals surface area contributed by atoms with Crippen LogP contribution < -0.4 is 5.32 Å². The summed E-state index contributed by atoms with van der Waals surface area (Å²) in [5.41, 5.74) is 2.57. The number of nitrogens with zero attached hydrogens (tertiary/aromatic N) is 5. The van der Waals surface area contributed by atoms with Crippen molar-refractivity contribution in [3.8, 4) is 6.07 Å². The normalized spacial score (nSPS) is 14.3. The topological polar surface area (TPSA) is 97.8 Å². The molecule has 0 aromatic carbocycles. The molecule has 0 radical (unpaired) electrons. The second-order valence-corrected chi connectivity index (χ2v) is 8.29. The van der Waals surface area contributed by atoms with Crippen LogP contribution in [-0.4, -0.2) is 44.7 Å². The lowest BCUT2D eigenvalue weighted by atomic mass is 10.2. The third kappa shape index (κ3) is 4.82. The molecular formula is C20H28N6O2S. The van der Waals surface area contributed by atoms with Crippen LogP contribution >= 0.6 is 11.8 Å². The van der Waals surface area contributed by atoms with Gasteiger partial charge < -0.3 is 19.2 Å². The van der Waals surface area contributed by atoms with Crippen LogP contribution in [0.5, 0.6) is 0 Å². The van der Waals surface area contributed by atoms with Gasteiger partial charge in [-0.2, -0.15) is 5.26 Å². The summed E-state index contributed by atoms with van der Waals surface area (Å²) in [6, 6.07) is 2.63. The molecule has 1 amide bonds. The lowest BCUT2D eigenvalue weighted by molar-refractivity contribution is -0.113. The van der Waals surface area contributed by atoms with E-state index in [2.05, 4.69) is 26.2 Å². The summed E-state index contributed by atoms with van der Waals surface area (Å²) in [4.78, 5) is 12.7. The molecule has 1 saturated carbocycles. The number of thioether (sulfide) groups is 1. The van der Waals surface area contributed by atoms with Crippen molar-refractivity contribution in [2.75, 3.05) is 24.8 Å². The molecule has 3 rings (SSSR count). The number of hydrogen-bond donors (Lipinski definition) is 1. The maximum absolute atomic E-state index is 12.7. The average molecular weight is 417 g/mol. The molecule has 1 fully saturated rings. The Morgan fingerprint density at radius 3 is 2.86 bits per heavy atom. The fraction of sp³-hybridized carbons (Fsp3) is 0.600. The number of carbonyl (C=O) groups excluding carboxylic acids is 1. The fourth-order valence-corrected chi connectivity index (χ4v) is 4.63. The minimum absolute atomic E-state index is 0.144. The van der Waals surface area contributed by atoms with Crippen LogP contribution in [0.15, 0.2) is 11.5 Å². The van der Waals surface area contributed by atoms with Crippen molar-refractivity contribution in [3.63, 3.8) is 0 Å². The van der Waals surface area contributed by atoms with Crippen molar-refractivity contribution in [2.45, 2.75) is 63.7 Å². The van der Waals surface area contributed by atoms with Crippen LogP contribution in [0.4, 0.5) is 5.82 Å². The molecule has 9 heteroatoms. The van der Waals surface area contributed by atoms with E-state index in [0.717, 1.165) is 37.1 Å². The summed E-state index contributed by atoms with van der Waals surface area (Å²) >= 11 is 1.35. The van der Waals surface area contributed by atoms with Gasteiger partial charge in [-0.25, -0.2) is 0 Å². The molecule has 8 nitrogen and oxygen atoms in total. The van der Waals surface area contributed by atoms with Crippen LogP contribution in [0.1, 0.15) is 55.0 Å². The van der Waals surface area contributed by atoms with Gasteiger partial charge in [0, 0.05) is 32.0 Å². The van der Waals surface area contributed by atoms with Gasteiger partial charge in [-0.05, 0) is 38.7 Å². The maximum Gasteiger partial charge on any atom is 0.235 e. The molecule has 0 saturated heterocycles. The van der Waals surface area contributed by atoms with Gasteiger partial charge in [0.15, 0.2) is 5.16 Å². The Balaban J connectivity index is 1.69. The quantitative estimate of drug-likeness (QED) is 0.497. The lowest BCUT2D eigenvalue weighted by Crippen LogP contribution is -2.20. The highest BCUT2D eigenvalue weighted by molar-refractivity contribution is 7.99. The van der Waals surface area contributed by atoms with Crippen molar-refractivity contribution in [3.05, 3.63) is 23.1 Å². The molecule has 0 aliphatic heterocycles. The third-order valence-electron chi connectivity index (χ3n) is 5.48. The zero-order chi connectivity index (χ0) is 20.8. The number of amides is 1. The van der Waals surface area contributed by atoms with Crippen molar-refractivity contribution in [2.24, 2.45) is 0 Å². The Morgan fingerprint density at radius 2 is 2.17 bits per heavy atom. The van der Waals surface area contributed by atoms with Gasteiger partial charge in [0.1, 0.15) is 18.2 Å². The van der Waals surface area contributed by atoms with E-state index >= 15 is 0 Å². The molecule has 156 valence electrons. The molecule has 29 heavy (non-hydrogen) atoms. The van der Waals surface area contributed by atoms with E-state index in [1.807, 2.05) is 18.4 Å². The summed E-state index contributed by atoms with van der Waals surface area (Å²) in [5.74, 6) is 0.707. The van der Waals surface area contributed by atoms with E-state index in [1.165, 1.54) is 24.6 Å². The Labute approximate surface area is 175 Å². The van der Waals surface area contributed by atoms with E-state index in [-0.39, 0.29) is 11.7 Å². The van der Waals surface area contributed by atoms with E-state index in [0.29, 0.717) is 29.2 Å². The second-order valence-electron chi connectivity index (χ2n) is 7.34. The fourth-order valence-electron chi connectivity index (χ4n) is 3.89. The number of nitrogens with one attached hydrogen (secondary N) is 1. The number of carbonyl (C=O) groups is 1. The monoisotopic (exact) mass is 416 g/mol. The smallest absolute Gasteiger partial charge is 0.235 e. The van der Waals surface area contributed by atoms with Crippen LogP contribution in [0.2, 0.25) is 0 Å². The molecule has 2 aromatic heterocycles. The molecule has 0 atom stereocenters. The van der Waals surface area contributed by atoms with Gasteiger partial charge in [0.25, 0.3) is 0 Å². The first-order valence-electron chi connectivity index (χ1n) is 9.97. The molecule has 1 N–H and O–H groups in total. The number of rotatable bonds is 9. The summed E-state index contributed by atoms with van der Waals surface area (Å²) in [6.07, 6.45) is 7.06. The van der Waals surface area contributed by atoms with Crippen molar-refractivity contribution in [1.29, 1.82) is 5.26 Å². The number of ether oxygens (including phenoxy) is 1. The number of anilines is 1. The van der Waals surface area contributed by atoms with Gasteiger partial charge in [0.2, 0.25) is 5.91 Å². The standard InChI is InChI=1S/C20H28N6O2S/c1-14-15(2)26(16-7-4-5-8-16)19(17(14)11-21)23-18(27)12-29-20-24-22-13-25(20)9-6-10-28-3/h13,16H,4-10,12H2,1-3H3,(H,23,27). The van der Waals surface area contributed by atoms with E-state index in [9.17, 15) is 10.1 Å². The largest absolute Gasteiger partial charge is 0.385 e. The molecule has 0 bridgehead atoms. The van der Waals surface area contributed by atoms with Gasteiger partial charge in [-0.15, -0.1) is 10.2 Å². The second kappa shape index (κ2) is 9.94. The maximum atomic E-state index is 12.7. The number of aryl methyl sites for hydroxylation is 1. The van der Waals surface area contributed by atoms with Crippen LogP contribution in [0.25, 0.3) is 0 Å². The van der Waals surface area contributed by atoms with Crippen molar-refractivity contribution < 1.29 is 9.53 Å². The summed E-state index contributed by atoms with van der Waals surface area (Å²) in [7, 11) is 1.67. The molecule has 0 spiro atoms. The van der Waals surface area contributed by atoms with Gasteiger partial charge >= 0.3 is 0 Å². The van der Waals surface area contributed by atoms with Crippen molar-refractivity contribution >= 4 is 23.5 Å². The summed E-state index contributed by atoms with van der Waals surface area (Å²) in [6.45, 7) is 5.39. The predicted octanol–water partition coefficient (Wildman–Crippen LogP) is 3.45. The third-order valence-corrected chi connectivity index (χ3v) is 6.46. The van der Waals surface area contributed by atoms with Gasteiger partial charge in [-0.3, -0.25) is 4.79 Å². The minimum atomic E-state index is -0.144. The highest BCUT2D eigenvalue weighted by Crippen LogP contribution is 2.37. The van der Waals surface area contributed by atoms with Crippen LogP contribution in [0.3, 0.4) is 0 Å². The first-order chi connectivity index (χ1) is 14.1.